The Hall–Kier alpha value is -2.31. The number of nitro groups is 1. The van der Waals surface area contributed by atoms with Crippen LogP contribution in [0.2, 0.25) is 0 Å². The molecule has 0 heterocycles. The van der Waals surface area contributed by atoms with Crippen molar-refractivity contribution in [2.24, 2.45) is 0 Å². The second-order valence-corrected chi connectivity index (χ2v) is 4.65. The lowest BCUT2D eigenvalue weighted by Gasteiger charge is -2.26. The van der Waals surface area contributed by atoms with E-state index in [-0.39, 0.29) is 11.4 Å². The topological polar surface area (TPSA) is 102 Å². The second-order valence-electron chi connectivity index (χ2n) is 4.65. The predicted molar refractivity (Wildman–Crippen MR) is 74.2 cm³/mol. The number of carbonyl (C=O) groups is 1. The van der Waals surface area contributed by atoms with Crippen LogP contribution in [0.15, 0.2) is 18.2 Å². The Kier molecular flexibility index (Phi) is 4.90. The van der Waals surface area contributed by atoms with E-state index in [0.717, 1.165) is 0 Å². The first-order valence-corrected chi connectivity index (χ1v) is 6.18. The quantitative estimate of drug-likeness (QED) is 0.589. The third kappa shape index (κ3) is 3.37. The Balaban J connectivity index is 3.22. The summed E-state index contributed by atoms with van der Waals surface area (Å²) in [6.45, 7) is 3.35. The molecule has 1 unspecified atom stereocenters. The number of nitrogens with one attached hydrogen (secondary N) is 1. The van der Waals surface area contributed by atoms with Crippen molar-refractivity contribution in [1.82, 2.24) is 0 Å². The number of rotatable bonds is 7. The molecular formula is C13H18N2O5. The van der Waals surface area contributed by atoms with E-state index in [1.807, 2.05) is 6.92 Å². The van der Waals surface area contributed by atoms with Crippen LogP contribution in [-0.2, 0) is 4.79 Å². The molecule has 0 bridgehead atoms. The summed E-state index contributed by atoms with van der Waals surface area (Å²) < 4.78 is 5.01. The van der Waals surface area contributed by atoms with Gasteiger partial charge in [0.25, 0.3) is 5.69 Å². The van der Waals surface area contributed by atoms with Gasteiger partial charge in [-0.3, -0.25) is 10.1 Å². The molecular weight excluding hydrogens is 264 g/mol. The van der Waals surface area contributed by atoms with E-state index in [1.165, 1.54) is 32.2 Å². The normalized spacial score (nSPS) is 13.3. The van der Waals surface area contributed by atoms with Crippen LogP contribution in [0.25, 0.3) is 0 Å². The Morgan fingerprint density at radius 2 is 2.20 bits per heavy atom. The minimum absolute atomic E-state index is 0.132. The molecule has 0 aliphatic heterocycles. The maximum Gasteiger partial charge on any atom is 0.329 e. The lowest BCUT2D eigenvalue weighted by atomic mass is 9.95. The third-order valence-electron chi connectivity index (χ3n) is 3.03. The van der Waals surface area contributed by atoms with Crippen molar-refractivity contribution in [2.75, 3.05) is 12.4 Å². The van der Waals surface area contributed by atoms with Gasteiger partial charge in [-0.05, 0) is 19.4 Å². The standard InChI is InChI=1S/C13H18N2O5/c1-4-7-13(2,12(16)17)14-10-8-9(20-3)5-6-11(10)15(18)19/h5-6,8,14H,4,7H2,1-3H3,(H,16,17). The number of aliphatic carboxylic acids is 1. The lowest BCUT2D eigenvalue weighted by molar-refractivity contribution is -0.384. The van der Waals surface area contributed by atoms with E-state index in [2.05, 4.69) is 5.32 Å². The van der Waals surface area contributed by atoms with Crippen molar-refractivity contribution in [1.29, 1.82) is 0 Å². The molecule has 1 atom stereocenters. The first-order chi connectivity index (χ1) is 9.34. The fourth-order valence-electron chi connectivity index (χ4n) is 1.92. The van der Waals surface area contributed by atoms with Gasteiger partial charge in [0.2, 0.25) is 0 Å². The van der Waals surface area contributed by atoms with Gasteiger partial charge in [0.1, 0.15) is 17.0 Å². The summed E-state index contributed by atoms with van der Waals surface area (Å²) in [6.07, 6.45) is 0.976. The van der Waals surface area contributed by atoms with Crippen LogP contribution in [0, 0.1) is 10.1 Å². The van der Waals surface area contributed by atoms with Crippen molar-refractivity contribution >= 4 is 17.3 Å². The average molecular weight is 282 g/mol. The molecule has 1 aromatic rings. The predicted octanol–water partition coefficient (Wildman–Crippen LogP) is 2.66. The molecule has 2 N–H and O–H groups in total. The van der Waals surface area contributed by atoms with Gasteiger partial charge in [0.05, 0.1) is 12.0 Å². The Labute approximate surface area is 116 Å². The zero-order valence-corrected chi connectivity index (χ0v) is 11.7. The number of carboxylic acids is 1. The van der Waals surface area contributed by atoms with Crippen LogP contribution < -0.4 is 10.1 Å². The SMILES string of the molecule is CCCC(C)(Nc1cc(OC)ccc1[N+](=O)[O-])C(=O)O. The molecule has 20 heavy (non-hydrogen) atoms. The molecule has 1 aromatic carbocycles. The number of hydrogen-bond acceptors (Lipinski definition) is 5. The van der Waals surface area contributed by atoms with Crippen molar-refractivity contribution < 1.29 is 19.6 Å². The second kappa shape index (κ2) is 6.23. The molecule has 0 aliphatic carbocycles. The number of anilines is 1. The summed E-state index contributed by atoms with van der Waals surface area (Å²) in [5.74, 6) is -0.640. The Morgan fingerprint density at radius 1 is 1.55 bits per heavy atom. The zero-order chi connectivity index (χ0) is 15.3. The molecule has 110 valence electrons. The summed E-state index contributed by atoms with van der Waals surface area (Å²) in [6, 6.07) is 4.17. The van der Waals surface area contributed by atoms with E-state index in [4.69, 9.17) is 4.74 Å². The first kappa shape index (κ1) is 15.7. The number of nitro benzene ring substituents is 1. The summed E-state index contributed by atoms with van der Waals surface area (Å²) in [4.78, 5) is 21.8. The molecule has 1 rings (SSSR count). The maximum absolute atomic E-state index is 11.4. The highest BCUT2D eigenvalue weighted by atomic mass is 16.6. The smallest absolute Gasteiger partial charge is 0.329 e. The monoisotopic (exact) mass is 282 g/mol. The summed E-state index contributed by atoms with van der Waals surface area (Å²) >= 11 is 0. The average Bonchev–Trinajstić information content (AvgIpc) is 2.38. The van der Waals surface area contributed by atoms with Gasteiger partial charge in [-0.2, -0.15) is 0 Å². The fourth-order valence-corrected chi connectivity index (χ4v) is 1.92. The molecule has 0 spiro atoms. The van der Waals surface area contributed by atoms with Gasteiger partial charge in [-0.25, -0.2) is 4.79 Å². The van der Waals surface area contributed by atoms with E-state index in [0.29, 0.717) is 18.6 Å². The van der Waals surface area contributed by atoms with E-state index in [9.17, 15) is 20.0 Å². The lowest BCUT2D eigenvalue weighted by Crippen LogP contribution is -2.43. The molecule has 7 heteroatoms. The van der Waals surface area contributed by atoms with Gasteiger partial charge < -0.3 is 15.2 Å². The number of ether oxygens (including phenoxy) is 1. The van der Waals surface area contributed by atoms with Crippen LogP contribution in [0.4, 0.5) is 11.4 Å². The molecule has 0 saturated heterocycles. The van der Waals surface area contributed by atoms with Gasteiger partial charge in [0.15, 0.2) is 0 Å². The number of methoxy groups -OCH3 is 1. The van der Waals surface area contributed by atoms with Crippen LogP contribution >= 0.6 is 0 Å². The Bertz CT molecular complexity index is 517. The van der Waals surface area contributed by atoms with Crippen molar-refractivity contribution in [3.05, 3.63) is 28.3 Å². The minimum Gasteiger partial charge on any atom is -0.497 e. The number of nitrogens with zero attached hydrogens (tertiary/aromatic N) is 1. The Morgan fingerprint density at radius 3 is 2.65 bits per heavy atom. The molecule has 0 radical (unpaired) electrons. The highest BCUT2D eigenvalue weighted by Gasteiger charge is 2.34. The minimum atomic E-state index is -1.27. The molecule has 0 aliphatic rings. The molecule has 7 nitrogen and oxygen atoms in total. The summed E-state index contributed by atoms with van der Waals surface area (Å²) in [5, 5.41) is 23.1. The third-order valence-corrected chi connectivity index (χ3v) is 3.03. The summed E-state index contributed by atoms with van der Waals surface area (Å²) in [5.41, 5.74) is -1.33. The largest absolute Gasteiger partial charge is 0.497 e. The molecule has 0 saturated carbocycles. The van der Waals surface area contributed by atoms with Crippen LogP contribution in [0.3, 0.4) is 0 Å². The van der Waals surface area contributed by atoms with Crippen LogP contribution in [0.1, 0.15) is 26.7 Å². The van der Waals surface area contributed by atoms with Crippen molar-refractivity contribution in [3.63, 3.8) is 0 Å². The van der Waals surface area contributed by atoms with E-state index < -0.39 is 16.4 Å². The number of benzene rings is 1. The van der Waals surface area contributed by atoms with Crippen molar-refractivity contribution in [3.8, 4) is 5.75 Å². The number of hydrogen-bond donors (Lipinski definition) is 2. The zero-order valence-electron chi connectivity index (χ0n) is 11.7. The summed E-state index contributed by atoms with van der Waals surface area (Å²) in [7, 11) is 1.44. The van der Waals surface area contributed by atoms with Gasteiger partial charge in [0, 0.05) is 12.1 Å². The number of carboxylic acid groups (broad SMARTS) is 1. The van der Waals surface area contributed by atoms with E-state index in [1.54, 1.807) is 0 Å². The molecule has 0 aromatic heterocycles. The van der Waals surface area contributed by atoms with Gasteiger partial charge >= 0.3 is 5.97 Å². The molecule has 0 fully saturated rings. The first-order valence-electron chi connectivity index (χ1n) is 6.18. The van der Waals surface area contributed by atoms with Crippen molar-refractivity contribution in [2.45, 2.75) is 32.2 Å². The van der Waals surface area contributed by atoms with Gasteiger partial charge in [-0.1, -0.05) is 13.3 Å². The fraction of sp³-hybridized carbons (Fsp3) is 0.462. The van der Waals surface area contributed by atoms with Crippen LogP contribution in [-0.4, -0.2) is 28.6 Å². The van der Waals surface area contributed by atoms with Crippen LogP contribution in [0.5, 0.6) is 5.75 Å². The van der Waals surface area contributed by atoms with E-state index >= 15 is 0 Å². The highest BCUT2D eigenvalue weighted by molar-refractivity contribution is 5.83. The highest BCUT2D eigenvalue weighted by Crippen LogP contribution is 2.32. The maximum atomic E-state index is 11.4. The van der Waals surface area contributed by atoms with Gasteiger partial charge in [-0.15, -0.1) is 0 Å². The molecule has 0 amide bonds.